The summed E-state index contributed by atoms with van der Waals surface area (Å²) >= 11 is 0. The van der Waals surface area contributed by atoms with Crippen molar-refractivity contribution >= 4 is 11.5 Å². The van der Waals surface area contributed by atoms with Crippen LogP contribution in [-0.4, -0.2) is 47.4 Å². The maximum atomic E-state index is 10.7. The first kappa shape index (κ1) is 13.2. The highest BCUT2D eigenvalue weighted by molar-refractivity contribution is 5.52. The fourth-order valence-electron chi connectivity index (χ4n) is 1.94. The van der Waals surface area contributed by atoms with E-state index in [2.05, 4.69) is 4.98 Å². The van der Waals surface area contributed by atoms with Crippen LogP contribution in [0.1, 0.15) is 5.69 Å². The van der Waals surface area contributed by atoms with Crippen LogP contribution in [0.3, 0.4) is 0 Å². The molecule has 2 heterocycles. The van der Waals surface area contributed by atoms with Gasteiger partial charge < -0.3 is 14.7 Å². The average Bonchev–Trinajstić information content (AvgIpc) is 2.46. The van der Waals surface area contributed by atoms with Crippen LogP contribution in [0.2, 0.25) is 0 Å². The molecule has 100 valence electrons. The van der Waals surface area contributed by atoms with Gasteiger partial charge >= 0.3 is 5.69 Å². The molecule has 0 aromatic carbocycles. The minimum absolute atomic E-state index is 0.111. The number of hydrogen-bond donors (Lipinski definition) is 1. The zero-order valence-corrected chi connectivity index (χ0v) is 10.0. The molecular weight excluding hydrogens is 252 g/mol. The molecule has 8 nitrogen and oxygen atoms in total. The number of nitriles is 1. The van der Waals surface area contributed by atoms with E-state index in [0.29, 0.717) is 25.6 Å². The highest BCUT2D eigenvalue weighted by atomic mass is 16.6. The van der Waals surface area contributed by atoms with E-state index in [1.54, 1.807) is 11.0 Å². The van der Waals surface area contributed by atoms with E-state index in [1.165, 1.54) is 12.1 Å². The van der Waals surface area contributed by atoms with Gasteiger partial charge in [-0.25, -0.2) is 4.98 Å². The van der Waals surface area contributed by atoms with E-state index in [-0.39, 0.29) is 24.0 Å². The molecule has 1 aromatic rings. The first-order valence-electron chi connectivity index (χ1n) is 5.68. The molecular formula is C11H12N4O4. The fourth-order valence-corrected chi connectivity index (χ4v) is 1.94. The molecule has 0 amide bonds. The largest absolute Gasteiger partial charge is 0.394 e. The van der Waals surface area contributed by atoms with Crippen molar-refractivity contribution in [1.29, 1.82) is 5.26 Å². The number of nitrogens with zero attached hydrogens (tertiary/aromatic N) is 4. The van der Waals surface area contributed by atoms with Crippen molar-refractivity contribution in [1.82, 2.24) is 4.98 Å². The summed E-state index contributed by atoms with van der Waals surface area (Å²) in [7, 11) is 0. The Morgan fingerprint density at radius 3 is 3.11 bits per heavy atom. The molecule has 0 spiro atoms. The van der Waals surface area contributed by atoms with Crippen LogP contribution in [-0.2, 0) is 4.74 Å². The smallest absolute Gasteiger partial charge is 0.305 e. The van der Waals surface area contributed by atoms with Crippen LogP contribution in [0.4, 0.5) is 11.5 Å². The molecule has 1 aromatic heterocycles. The predicted octanol–water partition coefficient (Wildman–Crippen LogP) is 0.0590. The fraction of sp³-hybridized carbons (Fsp3) is 0.455. The maximum absolute atomic E-state index is 10.7. The molecule has 1 fully saturated rings. The number of rotatable bonds is 3. The molecule has 1 unspecified atom stereocenters. The first-order valence-corrected chi connectivity index (χ1v) is 5.68. The van der Waals surface area contributed by atoms with E-state index < -0.39 is 4.92 Å². The van der Waals surface area contributed by atoms with Crippen molar-refractivity contribution in [3.05, 3.63) is 27.9 Å². The predicted molar refractivity (Wildman–Crippen MR) is 64.6 cm³/mol. The third-order valence-electron chi connectivity index (χ3n) is 2.89. The molecule has 8 heteroatoms. The lowest BCUT2D eigenvalue weighted by Crippen LogP contribution is -2.48. The van der Waals surface area contributed by atoms with Crippen LogP contribution in [0.25, 0.3) is 0 Å². The summed E-state index contributed by atoms with van der Waals surface area (Å²) in [4.78, 5) is 15.9. The number of aliphatic hydroxyl groups is 1. The van der Waals surface area contributed by atoms with Gasteiger partial charge in [-0.05, 0) is 6.07 Å². The Balaban J connectivity index is 2.35. The quantitative estimate of drug-likeness (QED) is 0.606. The van der Waals surface area contributed by atoms with Crippen molar-refractivity contribution in [3.8, 4) is 6.07 Å². The van der Waals surface area contributed by atoms with Crippen molar-refractivity contribution < 1.29 is 14.8 Å². The van der Waals surface area contributed by atoms with Gasteiger partial charge in [-0.1, -0.05) is 0 Å². The summed E-state index contributed by atoms with van der Waals surface area (Å²) in [6.45, 7) is 1.25. The summed E-state index contributed by atoms with van der Waals surface area (Å²) < 4.78 is 5.24. The van der Waals surface area contributed by atoms with Crippen LogP contribution < -0.4 is 4.90 Å². The number of hydrogen-bond acceptors (Lipinski definition) is 7. The third-order valence-corrected chi connectivity index (χ3v) is 2.89. The van der Waals surface area contributed by atoms with E-state index in [0.717, 1.165) is 0 Å². The van der Waals surface area contributed by atoms with Crippen LogP contribution in [0.5, 0.6) is 0 Å². The van der Waals surface area contributed by atoms with E-state index in [1.807, 2.05) is 0 Å². The minimum Gasteiger partial charge on any atom is -0.394 e. The third kappa shape index (κ3) is 2.62. The summed E-state index contributed by atoms with van der Waals surface area (Å²) in [6, 6.07) is 4.19. The lowest BCUT2D eigenvalue weighted by atomic mass is 10.2. The standard InChI is InChI=1S/C11H12N4O4/c12-5-9-10(15(17)18)1-2-11(13-9)14-3-4-19-7-8(14)6-16/h1-2,8,16H,3-4,6-7H2. The number of pyridine rings is 1. The Bertz CT molecular complexity index is 528. The van der Waals surface area contributed by atoms with Crippen molar-refractivity contribution in [2.75, 3.05) is 31.3 Å². The van der Waals surface area contributed by atoms with Gasteiger partial charge in [0.05, 0.1) is 30.8 Å². The molecule has 0 bridgehead atoms. The van der Waals surface area contributed by atoms with E-state index >= 15 is 0 Å². The van der Waals surface area contributed by atoms with Crippen LogP contribution >= 0.6 is 0 Å². The molecule has 1 aliphatic rings. The average molecular weight is 264 g/mol. The summed E-state index contributed by atoms with van der Waals surface area (Å²) in [5, 5.41) is 28.9. The van der Waals surface area contributed by atoms with Gasteiger partial charge in [-0.2, -0.15) is 5.26 Å². The monoisotopic (exact) mass is 264 g/mol. The van der Waals surface area contributed by atoms with E-state index in [4.69, 9.17) is 10.00 Å². The Morgan fingerprint density at radius 1 is 1.68 bits per heavy atom. The minimum atomic E-state index is -0.641. The van der Waals surface area contributed by atoms with Gasteiger partial charge in [-0.15, -0.1) is 0 Å². The number of aliphatic hydroxyl groups excluding tert-OH is 1. The van der Waals surface area contributed by atoms with Crippen molar-refractivity contribution in [2.45, 2.75) is 6.04 Å². The molecule has 19 heavy (non-hydrogen) atoms. The number of morpholine rings is 1. The molecule has 0 saturated carbocycles. The summed E-state index contributed by atoms with van der Waals surface area (Å²) in [5.41, 5.74) is -0.550. The molecule has 0 aliphatic carbocycles. The van der Waals surface area contributed by atoms with Crippen LogP contribution in [0.15, 0.2) is 12.1 Å². The normalized spacial score (nSPS) is 18.9. The van der Waals surface area contributed by atoms with Crippen molar-refractivity contribution in [3.63, 3.8) is 0 Å². The zero-order valence-electron chi connectivity index (χ0n) is 10.0. The lowest BCUT2D eigenvalue weighted by molar-refractivity contribution is -0.385. The Morgan fingerprint density at radius 2 is 2.47 bits per heavy atom. The number of aromatic nitrogens is 1. The second-order valence-electron chi connectivity index (χ2n) is 4.01. The molecule has 0 radical (unpaired) electrons. The lowest BCUT2D eigenvalue weighted by Gasteiger charge is -2.35. The molecule has 1 saturated heterocycles. The van der Waals surface area contributed by atoms with E-state index in [9.17, 15) is 15.2 Å². The highest BCUT2D eigenvalue weighted by Crippen LogP contribution is 2.23. The van der Waals surface area contributed by atoms with Gasteiger partial charge in [0.2, 0.25) is 5.69 Å². The molecule has 2 rings (SSSR count). The van der Waals surface area contributed by atoms with Gasteiger partial charge in [0, 0.05) is 12.6 Å². The Labute approximate surface area is 109 Å². The van der Waals surface area contributed by atoms with Gasteiger partial charge in [0.25, 0.3) is 0 Å². The van der Waals surface area contributed by atoms with Gasteiger partial charge in [0.1, 0.15) is 11.9 Å². The Hall–Kier alpha value is -2.24. The topological polar surface area (TPSA) is 113 Å². The summed E-state index contributed by atoms with van der Waals surface area (Å²) in [6.07, 6.45) is 0. The maximum Gasteiger partial charge on any atom is 0.305 e. The van der Waals surface area contributed by atoms with Gasteiger partial charge in [-0.3, -0.25) is 10.1 Å². The molecule has 1 aliphatic heterocycles. The Kier molecular flexibility index (Phi) is 3.89. The summed E-state index contributed by atoms with van der Waals surface area (Å²) in [5.74, 6) is 0.435. The molecule has 1 N–H and O–H groups in total. The van der Waals surface area contributed by atoms with Crippen LogP contribution in [0, 0.1) is 21.4 Å². The number of nitro groups is 1. The van der Waals surface area contributed by atoms with Crippen molar-refractivity contribution in [2.24, 2.45) is 0 Å². The first-order chi connectivity index (χ1) is 9.17. The highest BCUT2D eigenvalue weighted by Gasteiger charge is 2.25. The SMILES string of the molecule is N#Cc1nc(N2CCOCC2CO)ccc1[N+](=O)[O-]. The molecule has 1 atom stereocenters. The zero-order chi connectivity index (χ0) is 13.8. The number of ether oxygens (including phenoxy) is 1. The van der Waals surface area contributed by atoms with Gasteiger partial charge in [0.15, 0.2) is 0 Å². The second-order valence-corrected chi connectivity index (χ2v) is 4.01. The number of anilines is 1. The second kappa shape index (κ2) is 5.60.